The molecule has 31 heavy (non-hydrogen) atoms. The topological polar surface area (TPSA) is 27.7 Å². The summed E-state index contributed by atoms with van der Waals surface area (Å²) in [7, 11) is 4.64. The summed E-state index contributed by atoms with van der Waals surface area (Å²) in [5.74, 6) is -0.784. The molecular formula is C27H41O3P. The van der Waals surface area contributed by atoms with Crippen LogP contribution in [0.4, 0.5) is 0 Å². The average molecular weight is 445 g/mol. The van der Waals surface area contributed by atoms with Crippen molar-refractivity contribution in [1.29, 1.82) is 0 Å². The zero-order chi connectivity index (χ0) is 22.4. The van der Waals surface area contributed by atoms with E-state index in [1.807, 2.05) is 0 Å². The van der Waals surface area contributed by atoms with Gasteiger partial charge in [0.05, 0.1) is 0 Å². The number of ether oxygens (including phenoxy) is 3. The van der Waals surface area contributed by atoms with Gasteiger partial charge >= 0.3 is 0 Å². The van der Waals surface area contributed by atoms with Gasteiger partial charge in [0.2, 0.25) is 0 Å². The third-order valence-electron chi connectivity index (χ3n) is 6.10. The van der Waals surface area contributed by atoms with Crippen molar-refractivity contribution in [1.82, 2.24) is 0 Å². The third kappa shape index (κ3) is 7.99. The SMILES string of the molecule is CCCCCCCCC(CCP(c1ccccc1)c1ccccc1)C(OC)(OC)OC. The fraction of sp³-hybridized carbons (Fsp3) is 0.556. The van der Waals surface area contributed by atoms with Gasteiger partial charge in [0.1, 0.15) is 0 Å². The van der Waals surface area contributed by atoms with Crippen molar-refractivity contribution in [2.45, 2.75) is 64.3 Å². The minimum Gasteiger partial charge on any atom is -0.331 e. The first-order valence-electron chi connectivity index (χ1n) is 11.7. The van der Waals surface area contributed by atoms with Crippen LogP contribution in [0.15, 0.2) is 60.7 Å². The second-order valence-corrected chi connectivity index (χ2v) is 10.4. The molecule has 2 aromatic carbocycles. The van der Waals surface area contributed by atoms with Crippen LogP contribution in [0.1, 0.15) is 58.3 Å². The van der Waals surface area contributed by atoms with Gasteiger partial charge in [-0.05, 0) is 37.5 Å². The highest BCUT2D eigenvalue weighted by molar-refractivity contribution is 7.73. The Balaban J connectivity index is 2.13. The van der Waals surface area contributed by atoms with E-state index in [-0.39, 0.29) is 5.92 Å². The molecule has 2 aromatic rings. The van der Waals surface area contributed by atoms with Crippen LogP contribution in [-0.4, -0.2) is 33.5 Å². The van der Waals surface area contributed by atoms with Crippen molar-refractivity contribution in [2.24, 2.45) is 5.92 Å². The van der Waals surface area contributed by atoms with E-state index < -0.39 is 13.9 Å². The van der Waals surface area contributed by atoms with E-state index in [0.29, 0.717) is 0 Å². The first-order chi connectivity index (χ1) is 15.2. The van der Waals surface area contributed by atoms with Crippen LogP contribution in [0.25, 0.3) is 0 Å². The van der Waals surface area contributed by atoms with Crippen molar-refractivity contribution >= 4 is 18.5 Å². The Hall–Kier alpha value is -1.25. The number of rotatable bonds is 16. The lowest BCUT2D eigenvalue weighted by atomic mass is 9.95. The minimum atomic E-state index is -0.974. The molecule has 1 atom stereocenters. The van der Waals surface area contributed by atoms with Crippen LogP contribution < -0.4 is 10.6 Å². The molecule has 3 nitrogen and oxygen atoms in total. The van der Waals surface area contributed by atoms with Crippen molar-refractivity contribution in [3.8, 4) is 0 Å². The maximum Gasteiger partial charge on any atom is 0.285 e. The second kappa shape index (κ2) is 14.7. The molecule has 172 valence electrons. The molecule has 0 heterocycles. The lowest BCUT2D eigenvalue weighted by Gasteiger charge is -2.37. The van der Waals surface area contributed by atoms with Crippen molar-refractivity contribution in [3.05, 3.63) is 60.7 Å². The number of unbranched alkanes of at least 4 members (excludes halogenated alkanes) is 5. The number of benzene rings is 2. The lowest BCUT2D eigenvalue weighted by molar-refractivity contribution is -0.379. The van der Waals surface area contributed by atoms with Crippen LogP contribution in [0.3, 0.4) is 0 Å². The summed E-state index contributed by atoms with van der Waals surface area (Å²) in [6.07, 6.45) is 10.8. The molecule has 0 aliphatic rings. The summed E-state index contributed by atoms with van der Waals surface area (Å²) in [6, 6.07) is 21.8. The van der Waals surface area contributed by atoms with Gasteiger partial charge in [-0.25, -0.2) is 0 Å². The first kappa shape index (κ1) is 26.0. The molecule has 0 aromatic heterocycles. The molecular weight excluding hydrogens is 403 g/mol. The molecule has 0 radical (unpaired) electrons. The number of hydrogen-bond donors (Lipinski definition) is 0. The van der Waals surface area contributed by atoms with Crippen LogP contribution in [0.2, 0.25) is 0 Å². The van der Waals surface area contributed by atoms with E-state index in [2.05, 4.69) is 67.6 Å². The minimum absolute atomic E-state index is 0.191. The fourth-order valence-corrected chi connectivity index (χ4v) is 6.78. The fourth-order valence-electron chi connectivity index (χ4n) is 4.33. The molecule has 0 N–H and O–H groups in total. The molecule has 2 rings (SSSR count). The zero-order valence-electron chi connectivity index (χ0n) is 19.9. The van der Waals surface area contributed by atoms with Gasteiger partial charge in [-0.15, -0.1) is 0 Å². The van der Waals surface area contributed by atoms with Crippen LogP contribution in [0, 0.1) is 5.92 Å². The quantitative estimate of drug-likeness (QED) is 0.169. The van der Waals surface area contributed by atoms with Crippen LogP contribution >= 0.6 is 7.92 Å². The maximum atomic E-state index is 5.80. The van der Waals surface area contributed by atoms with E-state index in [0.717, 1.165) is 19.0 Å². The molecule has 0 aliphatic heterocycles. The zero-order valence-corrected chi connectivity index (χ0v) is 20.8. The van der Waals surface area contributed by atoms with Gasteiger partial charge in [-0.2, -0.15) is 0 Å². The Morgan fingerprint density at radius 2 is 1.16 bits per heavy atom. The number of methoxy groups -OCH3 is 3. The van der Waals surface area contributed by atoms with E-state index in [1.54, 1.807) is 21.3 Å². The van der Waals surface area contributed by atoms with Gasteiger partial charge in [-0.1, -0.05) is 106 Å². The number of hydrogen-bond acceptors (Lipinski definition) is 3. The normalized spacial score (nSPS) is 12.9. The molecule has 0 amide bonds. The average Bonchev–Trinajstić information content (AvgIpc) is 2.83. The summed E-state index contributed by atoms with van der Waals surface area (Å²) in [5.41, 5.74) is 0. The molecule has 0 spiro atoms. The molecule has 4 heteroatoms. The smallest absolute Gasteiger partial charge is 0.285 e. The van der Waals surface area contributed by atoms with Crippen molar-refractivity contribution < 1.29 is 14.2 Å². The summed E-state index contributed by atoms with van der Waals surface area (Å²) in [4.78, 5) is 0. The molecule has 0 fully saturated rings. The highest BCUT2D eigenvalue weighted by atomic mass is 31.1. The van der Waals surface area contributed by atoms with Gasteiger partial charge < -0.3 is 14.2 Å². The van der Waals surface area contributed by atoms with E-state index >= 15 is 0 Å². The van der Waals surface area contributed by atoms with Gasteiger partial charge in [0, 0.05) is 27.2 Å². The van der Waals surface area contributed by atoms with E-state index in [9.17, 15) is 0 Å². The Bertz CT molecular complexity index is 640. The van der Waals surface area contributed by atoms with Crippen molar-refractivity contribution in [2.75, 3.05) is 27.5 Å². The molecule has 0 saturated heterocycles. The van der Waals surface area contributed by atoms with Gasteiger partial charge in [0.25, 0.3) is 5.97 Å². The summed E-state index contributed by atoms with van der Waals surface area (Å²) in [6.45, 7) is 2.26. The first-order valence-corrected chi connectivity index (χ1v) is 13.3. The predicted molar refractivity (Wildman–Crippen MR) is 134 cm³/mol. The van der Waals surface area contributed by atoms with Crippen LogP contribution in [-0.2, 0) is 14.2 Å². The highest BCUT2D eigenvalue weighted by Gasteiger charge is 2.39. The van der Waals surface area contributed by atoms with Crippen LogP contribution in [0.5, 0.6) is 0 Å². The summed E-state index contributed by atoms with van der Waals surface area (Å²) in [5, 5.41) is 2.83. The third-order valence-corrected chi connectivity index (χ3v) is 8.64. The second-order valence-electron chi connectivity index (χ2n) is 8.08. The van der Waals surface area contributed by atoms with Crippen molar-refractivity contribution in [3.63, 3.8) is 0 Å². The van der Waals surface area contributed by atoms with Gasteiger partial charge in [-0.3, -0.25) is 0 Å². The Morgan fingerprint density at radius 1 is 0.677 bits per heavy atom. The Morgan fingerprint density at radius 3 is 1.65 bits per heavy atom. The molecule has 1 unspecified atom stereocenters. The summed E-state index contributed by atoms with van der Waals surface area (Å²) < 4.78 is 17.4. The highest BCUT2D eigenvalue weighted by Crippen LogP contribution is 2.39. The maximum absolute atomic E-state index is 5.80. The summed E-state index contributed by atoms with van der Waals surface area (Å²) >= 11 is 0. The van der Waals surface area contributed by atoms with Gasteiger partial charge in [0.15, 0.2) is 0 Å². The predicted octanol–water partition coefficient (Wildman–Crippen LogP) is 6.47. The standard InChI is InChI=1S/C27H41O3P/c1-5-6-7-8-9-12-17-24(27(28-2,29-3)30-4)22-23-31(25-18-13-10-14-19-25)26-20-15-11-16-21-26/h10-11,13-16,18-21,24H,5-9,12,17,22-23H2,1-4H3. The van der Waals surface area contributed by atoms with E-state index in [1.165, 1.54) is 49.1 Å². The monoisotopic (exact) mass is 444 g/mol. The Labute approximate surface area is 191 Å². The Kier molecular flexibility index (Phi) is 12.4. The largest absolute Gasteiger partial charge is 0.331 e. The molecule has 0 aliphatic carbocycles. The lowest BCUT2D eigenvalue weighted by Crippen LogP contribution is -2.44. The molecule has 0 bridgehead atoms. The van der Waals surface area contributed by atoms with E-state index in [4.69, 9.17) is 14.2 Å². The molecule has 0 saturated carbocycles.